The third kappa shape index (κ3) is 2.24. The fraction of sp³-hybridized carbons (Fsp3) is 0.111. The smallest absolute Gasteiger partial charge is 0.0974 e. The number of alkyl halides is 1. The molecule has 0 atom stereocenters. The molecule has 1 heterocycles. The van der Waals surface area contributed by atoms with Crippen LogP contribution in [0.5, 0.6) is 0 Å². The van der Waals surface area contributed by atoms with Gasteiger partial charge in [-0.1, -0.05) is 53.7 Å². The van der Waals surface area contributed by atoms with Crippen molar-refractivity contribution in [2.45, 2.75) is 12.4 Å². The lowest BCUT2D eigenvalue weighted by Gasteiger charge is -2.11. The van der Waals surface area contributed by atoms with Crippen LogP contribution in [0.25, 0.3) is 21.5 Å². The minimum atomic E-state index is 0.385. The van der Waals surface area contributed by atoms with E-state index in [1.807, 2.05) is 10.9 Å². The maximum absolute atomic E-state index is 5.82. The number of hydrogen-bond donors (Lipinski definition) is 0. The lowest BCUT2D eigenvalue weighted by Crippen LogP contribution is -2.02. The van der Waals surface area contributed by atoms with Crippen LogP contribution >= 0.6 is 11.6 Å². The Bertz CT molecular complexity index is 905. The molecule has 0 N–H and O–H groups in total. The van der Waals surface area contributed by atoms with Crippen LogP contribution in [-0.4, -0.2) is 15.0 Å². The molecule has 0 amide bonds. The van der Waals surface area contributed by atoms with Crippen molar-refractivity contribution in [3.8, 4) is 0 Å². The van der Waals surface area contributed by atoms with E-state index >= 15 is 0 Å². The first-order valence-electron chi connectivity index (χ1n) is 7.19. The maximum Gasteiger partial charge on any atom is 0.0974 e. The molecule has 0 saturated heterocycles. The number of nitrogens with zero attached hydrogens (tertiary/aromatic N) is 3. The maximum atomic E-state index is 5.82. The molecule has 0 aliphatic rings. The first-order valence-corrected chi connectivity index (χ1v) is 7.73. The SMILES string of the molecule is ClCc1cn(Cc2c3ccccc3cc3ccccc23)nn1. The monoisotopic (exact) mass is 307 g/mol. The van der Waals surface area contributed by atoms with Crippen molar-refractivity contribution in [1.82, 2.24) is 15.0 Å². The molecule has 4 aromatic rings. The van der Waals surface area contributed by atoms with E-state index in [9.17, 15) is 0 Å². The largest absolute Gasteiger partial charge is 0.248 e. The molecule has 0 fully saturated rings. The van der Waals surface area contributed by atoms with Gasteiger partial charge in [0.25, 0.3) is 0 Å². The average Bonchev–Trinajstić information content (AvgIpc) is 3.02. The van der Waals surface area contributed by atoms with Crippen molar-refractivity contribution in [3.05, 3.63) is 72.1 Å². The Labute approximate surface area is 133 Å². The molecule has 0 saturated carbocycles. The molecule has 4 rings (SSSR count). The molecule has 4 heteroatoms. The highest BCUT2D eigenvalue weighted by Gasteiger charge is 2.09. The molecular formula is C18H14ClN3. The fourth-order valence-electron chi connectivity index (χ4n) is 2.92. The van der Waals surface area contributed by atoms with Crippen molar-refractivity contribution in [3.63, 3.8) is 0 Å². The summed E-state index contributed by atoms with van der Waals surface area (Å²) >= 11 is 5.82. The van der Waals surface area contributed by atoms with Crippen LogP contribution in [0, 0.1) is 0 Å². The highest BCUT2D eigenvalue weighted by Crippen LogP contribution is 2.29. The Balaban J connectivity index is 1.95. The molecule has 3 aromatic carbocycles. The number of halogens is 1. The van der Waals surface area contributed by atoms with Crippen molar-refractivity contribution >= 4 is 33.1 Å². The Morgan fingerprint density at radius 3 is 2.14 bits per heavy atom. The minimum absolute atomic E-state index is 0.385. The summed E-state index contributed by atoms with van der Waals surface area (Å²) in [5.74, 6) is 0.385. The minimum Gasteiger partial charge on any atom is -0.248 e. The second kappa shape index (κ2) is 5.43. The van der Waals surface area contributed by atoms with Crippen LogP contribution in [-0.2, 0) is 12.4 Å². The second-order valence-corrected chi connectivity index (χ2v) is 5.61. The Hall–Kier alpha value is -2.39. The van der Waals surface area contributed by atoms with Crippen molar-refractivity contribution in [1.29, 1.82) is 0 Å². The molecule has 3 nitrogen and oxygen atoms in total. The van der Waals surface area contributed by atoms with Gasteiger partial charge in [-0.05, 0) is 33.2 Å². The van der Waals surface area contributed by atoms with Crippen LogP contribution in [0.4, 0.5) is 0 Å². The number of benzene rings is 3. The highest BCUT2D eigenvalue weighted by molar-refractivity contribution is 6.16. The van der Waals surface area contributed by atoms with Gasteiger partial charge in [0.1, 0.15) is 0 Å². The third-order valence-corrected chi connectivity index (χ3v) is 4.20. The highest BCUT2D eigenvalue weighted by atomic mass is 35.5. The van der Waals surface area contributed by atoms with Gasteiger partial charge in [-0.3, -0.25) is 0 Å². The topological polar surface area (TPSA) is 30.7 Å². The quantitative estimate of drug-likeness (QED) is 0.415. The predicted octanol–water partition coefficient (Wildman–Crippen LogP) is 4.37. The van der Waals surface area contributed by atoms with Gasteiger partial charge >= 0.3 is 0 Å². The van der Waals surface area contributed by atoms with Gasteiger partial charge in [0.05, 0.1) is 24.3 Å². The predicted molar refractivity (Wildman–Crippen MR) is 90.1 cm³/mol. The second-order valence-electron chi connectivity index (χ2n) is 5.34. The van der Waals surface area contributed by atoms with Gasteiger partial charge in [-0.2, -0.15) is 0 Å². The molecule has 1 aromatic heterocycles. The van der Waals surface area contributed by atoms with Crippen LogP contribution in [0.2, 0.25) is 0 Å². The Morgan fingerprint density at radius 1 is 0.909 bits per heavy atom. The van der Waals surface area contributed by atoms with E-state index in [0.717, 1.165) is 5.69 Å². The zero-order valence-corrected chi connectivity index (χ0v) is 12.7. The average molecular weight is 308 g/mol. The molecule has 0 aliphatic carbocycles. The molecule has 0 radical (unpaired) electrons. The molecular weight excluding hydrogens is 294 g/mol. The van der Waals surface area contributed by atoms with Crippen molar-refractivity contribution < 1.29 is 0 Å². The Morgan fingerprint density at radius 2 is 1.55 bits per heavy atom. The lowest BCUT2D eigenvalue weighted by atomic mass is 9.97. The summed E-state index contributed by atoms with van der Waals surface area (Å²) in [5.41, 5.74) is 2.06. The summed E-state index contributed by atoms with van der Waals surface area (Å²) < 4.78 is 1.85. The fourth-order valence-corrected chi connectivity index (χ4v) is 3.04. The van der Waals surface area contributed by atoms with Gasteiger partial charge in [0, 0.05) is 0 Å². The first-order chi connectivity index (χ1) is 10.8. The van der Waals surface area contributed by atoms with Crippen molar-refractivity contribution in [2.75, 3.05) is 0 Å². The number of fused-ring (bicyclic) bond motifs is 2. The van der Waals surface area contributed by atoms with E-state index in [4.69, 9.17) is 11.6 Å². The molecule has 22 heavy (non-hydrogen) atoms. The summed E-state index contributed by atoms with van der Waals surface area (Å²) in [5, 5.41) is 13.2. The molecule has 108 valence electrons. The number of rotatable bonds is 3. The van der Waals surface area contributed by atoms with E-state index in [2.05, 4.69) is 64.9 Å². The van der Waals surface area contributed by atoms with Crippen LogP contribution < -0.4 is 0 Å². The zero-order chi connectivity index (χ0) is 14.9. The standard InChI is InChI=1S/C18H14ClN3/c19-10-15-11-22(21-20-15)12-18-16-7-3-1-5-13(16)9-14-6-2-4-8-17(14)18/h1-9,11H,10,12H2. The van der Waals surface area contributed by atoms with E-state index in [-0.39, 0.29) is 0 Å². The summed E-state index contributed by atoms with van der Waals surface area (Å²) in [7, 11) is 0. The van der Waals surface area contributed by atoms with E-state index in [1.54, 1.807) is 0 Å². The van der Waals surface area contributed by atoms with Gasteiger partial charge in [-0.15, -0.1) is 16.7 Å². The van der Waals surface area contributed by atoms with Crippen LogP contribution in [0.1, 0.15) is 11.3 Å². The van der Waals surface area contributed by atoms with Crippen LogP contribution in [0.15, 0.2) is 60.8 Å². The van der Waals surface area contributed by atoms with E-state index in [1.165, 1.54) is 27.1 Å². The summed E-state index contributed by atoms with van der Waals surface area (Å²) in [6.45, 7) is 0.686. The lowest BCUT2D eigenvalue weighted by molar-refractivity contribution is 0.654. The summed E-state index contributed by atoms with van der Waals surface area (Å²) in [6, 6.07) is 19.2. The third-order valence-electron chi connectivity index (χ3n) is 3.93. The van der Waals surface area contributed by atoms with E-state index < -0.39 is 0 Å². The first kappa shape index (κ1) is 13.3. The van der Waals surface area contributed by atoms with Crippen LogP contribution in [0.3, 0.4) is 0 Å². The van der Waals surface area contributed by atoms with Gasteiger partial charge in [0.15, 0.2) is 0 Å². The van der Waals surface area contributed by atoms with Gasteiger partial charge < -0.3 is 0 Å². The zero-order valence-electron chi connectivity index (χ0n) is 11.9. The molecule has 0 unspecified atom stereocenters. The van der Waals surface area contributed by atoms with E-state index in [0.29, 0.717) is 12.4 Å². The van der Waals surface area contributed by atoms with Crippen molar-refractivity contribution in [2.24, 2.45) is 0 Å². The number of aromatic nitrogens is 3. The molecule has 0 spiro atoms. The molecule has 0 bridgehead atoms. The van der Waals surface area contributed by atoms with Gasteiger partial charge in [-0.25, -0.2) is 4.68 Å². The normalized spacial score (nSPS) is 11.3. The summed E-state index contributed by atoms with van der Waals surface area (Å²) in [6.07, 6.45) is 1.91. The summed E-state index contributed by atoms with van der Waals surface area (Å²) in [4.78, 5) is 0. The molecule has 0 aliphatic heterocycles. The van der Waals surface area contributed by atoms with Gasteiger partial charge in [0.2, 0.25) is 0 Å². The Kier molecular flexibility index (Phi) is 3.28. The number of hydrogen-bond acceptors (Lipinski definition) is 2.